The molecule has 0 aliphatic carbocycles. The number of hydrogen-bond donors (Lipinski definition) is 0. The van der Waals surface area contributed by atoms with Crippen LogP contribution in [-0.2, 0) is 12.8 Å². The van der Waals surface area contributed by atoms with Gasteiger partial charge in [0.2, 0.25) is 0 Å². The number of hydrogen-bond acceptors (Lipinski definition) is 3. The second-order valence-electron chi connectivity index (χ2n) is 4.03. The number of halogens is 2. The zero-order chi connectivity index (χ0) is 13.8. The van der Waals surface area contributed by atoms with Crippen molar-refractivity contribution in [3.63, 3.8) is 0 Å². The van der Waals surface area contributed by atoms with E-state index in [-0.39, 0.29) is 0 Å². The minimum absolute atomic E-state index is 0.525. The monoisotopic (exact) mass is 388 g/mol. The molecule has 100 valence electrons. The van der Waals surface area contributed by atoms with Crippen LogP contribution >= 0.6 is 34.2 Å². The molecule has 1 heterocycles. The van der Waals surface area contributed by atoms with E-state index < -0.39 is 0 Å². The number of nitrogens with zero attached hydrogens (tertiary/aromatic N) is 2. The molecule has 3 nitrogen and oxygen atoms in total. The second-order valence-corrected chi connectivity index (χ2v) is 5.47. The van der Waals surface area contributed by atoms with Crippen molar-refractivity contribution in [1.82, 2.24) is 9.97 Å². The molecule has 1 aromatic carbocycles. The maximum Gasteiger partial charge on any atom is 0.146 e. The van der Waals surface area contributed by atoms with Gasteiger partial charge in [0, 0.05) is 12.0 Å². The molecule has 0 N–H and O–H groups in total. The molecule has 0 atom stereocenters. The first-order chi connectivity index (χ1) is 9.15. The zero-order valence-electron chi connectivity index (χ0n) is 10.8. The molecule has 0 spiro atoms. The Hall–Kier alpha value is -0.880. The first-order valence-electron chi connectivity index (χ1n) is 5.98. The van der Waals surface area contributed by atoms with Crippen LogP contribution in [0.2, 0.25) is 5.15 Å². The molecule has 19 heavy (non-hydrogen) atoms. The van der Waals surface area contributed by atoms with E-state index in [0.29, 0.717) is 11.6 Å². The highest BCUT2D eigenvalue weighted by molar-refractivity contribution is 14.1. The summed E-state index contributed by atoms with van der Waals surface area (Å²) in [6.07, 6.45) is 1.47. The third-order valence-electron chi connectivity index (χ3n) is 2.80. The van der Waals surface area contributed by atoms with Gasteiger partial charge in [0.05, 0.1) is 16.4 Å². The van der Waals surface area contributed by atoms with Crippen LogP contribution in [0.5, 0.6) is 5.75 Å². The highest BCUT2D eigenvalue weighted by atomic mass is 127. The van der Waals surface area contributed by atoms with E-state index in [0.717, 1.165) is 32.8 Å². The minimum Gasteiger partial charge on any atom is -0.496 e. The molecule has 0 unspecified atom stereocenters. The fourth-order valence-electron chi connectivity index (χ4n) is 1.84. The molecular weight excluding hydrogens is 375 g/mol. The zero-order valence-corrected chi connectivity index (χ0v) is 13.7. The van der Waals surface area contributed by atoms with Gasteiger partial charge in [0.15, 0.2) is 0 Å². The summed E-state index contributed by atoms with van der Waals surface area (Å²) in [4.78, 5) is 8.91. The Bertz CT molecular complexity index is 590. The lowest BCUT2D eigenvalue weighted by molar-refractivity contribution is 0.410. The van der Waals surface area contributed by atoms with Gasteiger partial charge in [-0.3, -0.25) is 0 Å². The molecule has 0 saturated heterocycles. The van der Waals surface area contributed by atoms with Crippen LogP contribution in [0, 0.1) is 3.57 Å². The number of benzene rings is 1. The van der Waals surface area contributed by atoms with Gasteiger partial charge >= 0.3 is 0 Å². The van der Waals surface area contributed by atoms with E-state index in [1.807, 2.05) is 24.3 Å². The third-order valence-corrected chi connectivity index (χ3v) is 4.53. The van der Waals surface area contributed by atoms with E-state index in [1.54, 1.807) is 7.11 Å². The van der Waals surface area contributed by atoms with Gasteiger partial charge < -0.3 is 4.74 Å². The first kappa shape index (κ1) is 14.5. The molecule has 5 heteroatoms. The highest BCUT2D eigenvalue weighted by Gasteiger charge is 2.11. The molecule has 0 amide bonds. The molecule has 0 aliphatic rings. The van der Waals surface area contributed by atoms with Crippen molar-refractivity contribution in [1.29, 1.82) is 0 Å². The van der Waals surface area contributed by atoms with Crippen LogP contribution < -0.4 is 4.74 Å². The predicted molar refractivity (Wildman–Crippen MR) is 84.9 cm³/mol. The van der Waals surface area contributed by atoms with E-state index >= 15 is 0 Å². The van der Waals surface area contributed by atoms with Crippen molar-refractivity contribution < 1.29 is 4.74 Å². The van der Waals surface area contributed by atoms with E-state index in [4.69, 9.17) is 16.3 Å². The van der Waals surface area contributed by atoms with Crippen molar-refractivity contribution >= 4 is 34.2 Å². The largest absolute Gasteiger partial charge is 0.496 e. The Morgan fingerprint density at radius 1 is 1.26 bits per heavy atom. The van der Waals surface area contributed by atoms with E-state index in [9.17, 15) is 0 Å². The molecule has 0 radical (unpaired) electrons. The van der Waals surface area contributed by atoms with Crippen LogP contribution in [0.25, 0.3) is 0 Å². The summed E-state index contributed by atoms with van der Waals surface area (Å²) in [5, 5.41) is 0.525. The Morgan fingerprint density at radius 2 is 2.00 bits per heavy atom. The summed E-state index contributed by atoms with van der Waals surface area (Å²) in [6, 6.07) is 7.87. The smallest absolute Gasteiger partial charge is 0.146 e. The van der Waals surface area contributed by atoms with E-state index in [1.165, 1.54) is 0 Å². The first-order valence-corrected chi connectivity index (χ1v) is 7.44. The fourth-order valence-corrected chi connectivity index (χ4v) is 2.67. The van der Waals surface area contributed by atoms with Gasteiger partial charge in [-0.15, -0.1) is 0 Å². The van der Waals surface area contributed by atoms with Gasteiger partial charge in [-0.1, -0.05) is 36.7 Å². The van der Waals surface area contributed by atoms with Crippen LogP contribution in [0.15, 0.2) is 24.3 Å². The van der Waals surface area contributed by atoms with Crippen LogP contribution in [-0.4, -0.2) is 17.1 Å². The van der Waals surface area contributed by atoms with Crippen molar-refractivity contribution in [2.45, 2.75) is 19.8 Å². The Labute approximate surface area is 131 Å². The number of rotatable bonds is 4. The van der Waals surface area contributed by atoms with Gasteiger partial charge in [-0.2, -0.15) is 0 Å². The van der Waals surface area contributed by atoms with Crippen LogP contribution in [0.3, 0.4) is 0 Å². The lowest BCUT2D eigenvalue weighted by Gasteiger charge is -2.09. The molecule has 1 aromatic heterocycles. The Kier molecular flexibility index (Phi) is 4.99. The maximum atomic E-state index is 6.15. The molecule has 2 aromatic rings. The lowest BCUT2D eigenvalue weighted by atomic mass is 10.1. The standard InChI is InChI=1S/C14H14ClIN2O/c1-3-10-13(16)14(15)18-12(17-10)8-9-6-4-5-7-11(9)19-2/h4-7H,3,8H2,1-2H3. The van der Waals surface area contributed by atoms with Crippen molar-refractivity contribution in [3.05, 3.63) is 50.1 Å². The molecular formula is C14H14ClIN2O. The van der Waals surface area contributed by atoms with Crippen LogP contribution in [0.1, 0.15) is 24.0 Å². The second kappa shape index (κ2) is 6.52. The molecule has 0 bridgehead atoms. The summed E-state index contributed by atoms with van der Waals surface area (Å²) in [5.41, 5.74) is 2.05. The molecule has 0 saturated carbocycles. The molecule has 0 fully saturated rings. The maximum absolute atomic E-state index is 6.15. The summed E-state index contributed by atoms with van der Waals surface area (Å²) in [7, 11) is 1.66. The third kappa shape index (κ3) is 3.36. The summed E-state index contributed by atoms with van der Waals surface area (Å²) < 4.78 is 6.27. The normalized spacial score (nSPS) is 10.5. The Morgan fingerprint density at radius 3 is 2.68 bits per heavy atom. The number of aromatic nitrogens is 2. The van der Waals surface area contributed by atoms with Crippen LogP contribution in [0.4, 0.5) is 0 Å². The molecule has 2 rings (SSSR count). The average Bonchev–Trinajstić information content (AvgIpc) is 2.43. The van der Waals surface area contributed by atoms with Gasteiger partial charge in [0.1, 0.15) is 16.7 Å². The number of para-hydroxylation sites is 1. The highest BCUT2D eigenvalue weighted by Crippen LogP contribution is 2.23. The number of aryl methyl sites for hydroxylation is 1. The van der Waals surface area contributed by atoms with E-state index in [2.05, 4.69) is 39.5 Å². The quantitative estimate of drug-likeness (QED) is 0.589. The van der Waals surface area contributed by atoms with Gasteiger partial charge in [0.25, 0.3) is 0 Å². The van der Waals surface area contributed by atoms with Gasteiger partial charge in [-0.25, -0.2) is 9.97 Å². The summed E-state index contributed by atoms with van der Waals surface area (Å²) in [6.45, 7) is 2.06. The fraction of sp³-hybridized carbons (Fsp3) is 0.286. The Balaban J connectivity index is 2.36. The number of ether oxygens (including phenoxy) is 1. The van der Waals surface area contributed by atoms with Crippen molar-refractivity contribution in [3.8, 4) is 5.75 Å². The minimum atomic E-state index is 0.525. The van der Waals surface area contributed by atoms with Crippen molar-refractivity contribution in [2.75, 3.05) is 7.11 Å². The summed E-state index contributed by atoms with van der Waals surface area (Å²) >= 11 is 8.33. The average molecular weight is 389 g/mol. The van der Waals surface area contributed by atoms with Gasteiger partial charge in [-0.05, 0) is 35.1 Å². The summed E-state index contributed by atoms with van der Waals surface area (Å²) in [5.74, 6) is 1.57. The van der Waals surface area contributed by atoms with Crippen molar-refractivity contribution in [2.24, 2.45) is 0 Å². The lowest BCUT2D eigenvalue weighted by Crippen LogP contribution is -2.04. The molecule has 0 aliphatic heterocycles. The number of methoxy groups -OCH3 is 1. The SMILES string of the molecule is CCc1nc(Cc2ccccc2OC)nc(Cl)c1I. The topological polar surface area (TPSA) is 35.0 Å². The predicted octanol–water partition coefficient (Wildman–Crippen LogP) is 3.90.